The highest BCUT2D eigenvalue weighted by Gasteiger charge is 2.34. The first-order valence-corrected chi connectivity index (χ1v) is 6.01. The quantitative estimate of drug-likeness (QED) is 0.663. The number of aliphatic hydroxyl groups excluding tert-OH is 1. The zero-order chi connectivity index (χ0) is 9.68. The molecule has 1 heteroatoms. The molecular formula is C12H24O. The Morgan fingerprint density at radius 1 is 1.00 bits per heavy atom. The summed E-state index contributed by atoms with van der Waals surface area (Å²) in [5, 5.41) is 9.01. The van der Waals surface area contributed by atoms with Gasteiger partial charge in [-0.15, -0.1) is 0 Å². The standard InChI is InChI=1S/C10H18O.C2H6/c11-7-8-5-9-3-1-2-4-10(9)6-8;1-2/h8-11H,1-7H2;1-2H3. The highest BCUT2D eigenvalue weighted by atomic mass is 16.3. The summed E-state index contributed by atoms with van der Waals surface area (Å²) >= 11 is 0. The fourth-order valence-corrected chi connectivity index (χ4v) is 3.01. The van der Waals surface area contributed by atoms with Crippen molar-refractivity contribution in [3.05, 3.63) is 0 Å². The predicted octanol–water partition coefficient (Wildman–Crippen LogP) is 3.22. The number of aliphatic hydroxyl groups is 1. The van der Waals surface area contributed by atoms with Crippen LogP contribution in [0.1, 0.15) is 52.4 Å². The Labute approximate surface area is 82.5 Å². The van der Waals surface area contributed by atoms with Crippen molar-refractivity contribution in [3.8, 4) is 0 Å². The first kappa shape index (κ1) is 11.0. The molecule has 0 heterocycles. The molecule has 2 aliphatic carbocycles. The Morgan fingerprint density at radius 2 is 1.46 bits per heavy atom. The van der Waals surface area contributed by atoms with Gasteiger partial charge in [0.05, 0.1) is 0 Å². The van der Waals surface area contributed by atoms with Crippen LogP contribution in [-0.2, 0) is 0 Å². The van der Waals surface area contributed by atoms with Crippen LogP contribution < -0.4 is 0 Å². The van der Waals surface area contributed by atoms with Gasteiger partial charge in [0.15, 0.2) is 0 Å². The molecule has 0 radical (unpaired) electrons. The summed E-state index contributed by atoms with van der Waals surface area (Å²) in [5.74, 6) is 2.63. The molecule has 0 bridgehead atoms. The van der Waals surface area contributed by atoms with Crippen molar-refractivity contribution < 1.29 is 5.11 Å². The zero-order valence-corrected chi connectivity index (χ0v) is 9.13. The van der Waals surface area contributed by atoms with Gasteiger partial charge in [-0.05, 0) is 30.6 Å². The number of fused-ring (bicyclic) bond motifs is 1. The van der Waals surface area contributed by atoms with Crippen LogP contribution in [-0.4, -0.2) is 11.7 Å². The van der Waals surface area contributed by atoms with Gasteiger partial charge in [-0.1, -0.05) is 39.5 Å². The Kier molecular flexibility index (Phi) is 4.79. The number of hydrogen-bond donors (Lipinski definition) is 1. The number of rotatable bonds is 1. The SMILES string of the molecule is CC.OCC1CC2CCCCC2C1. The van der Waals surface area contributed by atoms with E-state index in [4.69, 9.17) is 5.11 Å². The van der Waals surface area contributed by atoms with Crippen LogP contribution >= 0.6 is 0 Å². The molecule has 2 unspecified atom stereocenters. The lowest BCUT2D eigenvalue weighted by Gasteiger charge is -2.24. The van der Waals surface area contributed by atoms with Crippen molar-refractivity contribution in [2.45, 2.75) is 52.4 Å². The van der Waals surface area contributed by atoms with Crippen LogP contribution in [0.15, 0.2) is 0 Å². The van der Waals surface area contributed by atoms with Gasteiger partial charge in [-0.2, -0.15) is 0 Å². The highest BCUT2D eigenvalue weighted by Crippen LogP contribution is 2.44. The Morgan fingerprint density at radius 3 is 1.85 bits per heavy atom. The maximum atomic E-state index is 9.01. The minimum Gasteiger partial charge on any atom is -0.396 e. The summed E-state index contributed by atoms with van der Waals surface area (Å²) in [6, 6.07) is 0. The normalized spacial score (nSPS) is 37.6. The molecule has 1 nitrogen and oxygen atoms in total. The molecule has 0 spiro atoms. The molecule has 1 N–H and O–H groups in total. The summed E-state index contributed by atoms with van der Waals surface area (Å²) in [6.07, 6.45) is 8.42. The van der Waals surface area contributed by atoms with Crippen LogP contribution in [0, 0.1) is 17.8 Å². The van der Waals surface area contributed by atoms with Crippen molar-refractivity contribution in [1.29, 1.82) is 0 Å². The van der Waals surface area contributed by atoms with Gasteiger partial charge < -0.3 is 5.11 Å². The van der Waals surface area contributed by atoms with E-state index in [9.17, 15) is 0 Å². The van der Waals surface area contributed by atoms with E-state index in [2.05, 4.69) is 0 Å². The Bertz CT molecular complexity index is 119. The van der Waals surface area contributed by atoms with E-state index in [0.717, 1.165) is 11.8 Å². The molecule has 0 aromatic rings. The average Bonchev–Trinajstić information content (AvgIpc) is 2.63. The second-order valence-electron chi connectivity index (χ2n) is 4.32. The molecule has 13 heavy (non-hydrogen) atoms. The van der Waals surface area contributed by atoms with Crippen LogP contribution in [0.3, 0.4) is 0 Å². The van der Waals surface area contributed by atoms with Gasteiger partial charge in [-0.3, -0.25) is 0 Å². The van der Waals surface area contributed by atoms with Gasteiger partial charge >= 0.3 is 0 Å². The van der Waals surface area contributed by atoms with Crippen molar-refractivity contribution >= 4 is 0 Å². The largest absolute Gasteiger partial charge is 0.396 e. The monoisotopic (exact) mass is 184 g/mol. The van der Waals surface area contributed by atoms with Crippen molar-refractivity contribution in [3.63, 3.8) is 0 Å². The lowest BCUT2D eigenvalue weighted by atomic mass is 9.82. The molecule has 2 atom stereocenters. The summed E-state index contributed by atoms with van der Waals surface area (Å²) in [6.45, 7) is 4.44. The van der Waals surface area contributed by atoms with Crippen LogP contribution in [0.25, 0.3) is 0 Å². The molecule has 0 aromatic heterocycles. The Hall–Kier alpha value is -0.0400. The molecule has 2 aliphatic rings. The highest BCUT2D eigenvalue weighted by molar-refractivity contribution is 4.85. The van der Waals surface area contributed by atoms with E-state index < -0.39 is 0 Å². The van der Waals surface area contributed by atoms with Gasteiger partial charge in [0.1, 0.15) is 0 Å². The zero-order valence-electron chi connectivity index (χ0n) is 9.13. The summed E-state index contributed by atoms with van der Waals surface area (Å²) < 4.78 is 0. The minimum atomic E-state index is 0.438. The summed E-state index contributed by atoms with van der Waals surface area (Å²) in [7, 11) is 0. The molecule has 2 rings (SSSR count). The van der Waals surface area contributed by atoms with Gasteiger partial charge in [0.25, 0.3) is 0 Å². The second-order valence-corrected chi connectivity index (χ2v) is 4.32. The van der Waals surface area contributed by atoms with Crippen molar-refractivity contribution in [2.24, 2.45) is 17.8 Å². The van der Waals surface area contributed by atoms with Crippen LogP contribution in [0.4, 0.5) is 0 Å². The Balaban J connectivity index is 0.000000396. The molecule has 0 saturated heterocycles. The number of hydrogen-bond acceptors (Lipinski definition) is 1. The fraction of sp³-hybridized carbons (Fsp3) is 1.00. The first-order chi connectivity index (χ1) is 6.40. The predicted molar refractivity (Wildman–Crippen MR) is 56.6 cm³/mol. The molecule has 0 aromatic carbocycles. The van der Waals surface area contributed by atoms with Gasteiger partial charge in [-0.25, -0.2) is 0 Å². The average molecular weight is 184 g/mol. The van der Waals surface area contributed by atoms with E-state index in [1.54, 1.807) is 0 Å². The molecule has 0 amide bonds. The second kappa shape index (κ2) is 5.64. The molecule has 2 fully saturated rings. The van der Waals surface area contributed by atoms with Crippen molar-refractivity contribution in [2.75, 3.05) is 6.61 Å². The molecule has 78 valence electrons. The minimum absolute atomic E-state index is 0.438. The smallest absolute Gasteiger partial charge is 0.0459 e. The van der Waals surface area contributed by atoms with Gasteiger partial charge in [0.2, 0.25) is 0 Å². The van der Waals surface area contributed by atoms with Crippen molar-refractivity contribution in [1.82, 2.24) is 0 Å². The lowest BCUT2D eigenvalue weighted by Crippen LogP contribution is -2.12. The molecule has 0 aliphatic heterocycles. The van der Waals surface area contributed by atoms with E-state index in [1.165, 1.54) is 38.5 Å². The summed E-state index contributed by atoms with van der Waals surface area (Å²) in [5.41, 5.74) is 0. The third-order valence-corrected chi connectivity index (χ3v) is 3.60. The lowest BCUT2D eigenvalue weighted by molar-refractivity contribution is 0.225. The summed E-state index contributed by atoms with van der Waals surface area (Å²) in [4.78, 5) is 0. The van der Waals surface area contributed by atoms with E-state index in [-0.39, 0.29) is 0 Å². The maximum Gasteiger partial charge on any atom is 0.0459 e. The van der Waals surface area contributed by atoms with Crippen LogP contribution in [0.2, 0.25) is 0 Å². The first-order valence-electron chi connectivity index (χ1n) is 6.01. The topological polar surface area (TPSA) is 20.2 Å². The third-order valence-electron chi connectivity index (χ3n) is 3.60. The molecule has 2 saturated carbocycles. The maximum absolute atomic E-state index is 9.01. The van der Waals surface area contributed by atoms with E-state index >= 15 is 0 Å². The fourth-order valence-electron chi connectivity index (χ4n) is 3.01. The van der Waals surface area contributed by atoms with E-state index in [0.29, 0.717) is 12.5 Å². The van der Waals surface area contributed by atoms with Gasteiger partial charge in [0, 0.05) is 6.61 Å². The molecular weight excluding hydrogens is 160 g/mol. The van der Waals surface area contributed by atoms with Crippen LogP contribution in [0.5, 0.6) is 0 Å². The van der Waals surface area contributed by atoms with E-state index in [1.807, 2.05) is 13.8 Å². The third kappa shape index (κ3) is 2.70.